The number of aromatic nitrogens is 1. The van der Waals surface area contributed by atoms with Gasteiger partial charge in [0.25, 0.3) is 0 Å². The number of para-hydroxylation sites is 1. The molecule has 0 saturated carbocycles. The Balaban J connectivity index is 1.87. The molecule has 0 aliphatic rings. The number of nitrogens with zero attached hydrogens (tertiary/aromatic N) is 1. The molecule has 0 atom stereocenters. The first-order valence-corrected chi connectivity index (χ1v) is 6.53. The summed E-state index contributed by atoms with van der Waals surface area (Å²) < 4.78 is 6.75. The molecule has 4 nitrogen and oxygen atoms in total. The summed E-state index contributed by atoms with van der Waals surface area (Å²) >= 11 is 0. The van der Waals surface area contributed by atoms with Crippen molar-refractivity contribution in [1.82, 2.24) is 9.88 Å². The smallest absolute Gasteiger partial charge is 0.306 e. The van der Waals surface area contributed by atoms with Crippen LogP contribution in [0.15, 0.2) is 30.5 Å². The van der Waals surface area contributed by atoms with E-state index in [0.717, 1.165) is 13.0 Å². The van der Waals surface area contributed by atoms with E-state index in [1.807, 2.05) is 0 Å². The lowest BCUT2D eigenvalue weighted by molar-refractivity contribution is -0.140. The molecule has 4 heteroatoms. The first-order chi connectivity index (χ1) is 9.22. The van der Waals surface area contributed by atoms with Gasteiger partial charge in [-0.3, -0.25) is 4.79 Å². The highest BCUT2D eigenvalue weighted by Crippen LogP contribution is 2.20. The van der Waals surface area contributed by atoms with Crippen LogP contribution in [0.5, 0.6) is 0 Å². The quantitative estimate of drug-likeness (QED) is 0.637. The van der Waals surface area contributed by atoms with Crippen LogP contribution in [-0.4, -0.2) is 30.7 Å². The molecule has 1 aromatic heterocycles. The van der Waals surface area contributed by atoms with Gasteiger partial charge in [0.05, 0.1) is 13.5 Å². The van der Waals surface area contributed by atoms with Crippen molar-refractivity contribution in [2.45, 2.75) is 12.8 Å². The fourth-order valence-electron chi connectivity index (χ4n) is 2.27. The van der Waals surface area contributed by atoms with Gasteiger partial charge < -0.3 is 14.6 Å². The van der Waals surface area contributed by atoms with E-state index < -0.39 is 0 Å². The second-order valence-electron chi connectivity index (χ2n) is 4.61. The number of nitrogens with one attached hydrogen (secondary N) is 1. The first-order valence-electron chi connectivity index (χ1n) is 6.53. The fraction of sp³-hybridized carbons (Fsp3) is 0.400. The van der Waals surface area contributed by atoms with Crippen LogP contribution in [0.2, 0.25) is 0 Å². The third-order valence-electron chi connectivity index (χ3n) is 3.28. The van der Waals surface area contributed by atoms with Gasteiger partial charge in [0.15, 0.2) is 0 Å². The van der Waals surface area contributed by atoms with Crippen LogP contribution < -0.4 is 5.32 Å². The molecule has 2 aromatic rings. The number of benzene rings is 1. The van der Waals surface area contributed by atoms with Crippen molar-refractivity contribution in [3.8, 4) is 0 Å². The van der Waals surface area contributed by atoms with Crippen LogP contribution in [-0.2, 0) is 23.0 Å². The van der Waals surface area contributed by atoms with Gasteiger partial charge >= 0.3 is 5.97 Å². The van der Waals surface area contributed by atoms with Gasteiger partial charge in [0, 0.05) is 30.7 Å². The predicted octanol–water partition coefficient (Wildman–Crippen LogP) is 1.87. The van der Waals surface area contributed by atoms with E-state index in [9.17, 15) is 4.79 Å². The van der Waals surface area contributed by atoms with Crippen molar-refractivity contribution in [3.05, 3.63) is 36.0 Å². The molecule has 0 aliphatic carbocycles. The highest BCUT2D eigenvalue weighted by Gasteiger charge is 2.05. The van der Waals surface area contributed by atoms with Gasteiger partial charge in [-0.25, -0.2) is 0 Å². The minimum Gasteiger partial charge on any atom is -0.469 e. The molecule has 1 aromatic carbocycles. The Kier molecular flexibility index (Phi) is 4.58. The minimum absolute atomic E-state index is 0.169. The topological polar surface area (TPSA) is 43.3 Å². The molecular formula is C15H20N2O2. The molecule has 19 heavy (non-hydrogen) atoms. The number of aryl methyl sites for hydroxylation is 1. The molecule has 0 radical (unpaired) electrons. The minimum atomic E-state index is -0.169. The normalized spacial score (nSPS) is 10.8. The van der Waals surface area contributed by atoms with Crippen LogP contribution in [0.25, 0.3) is 10.9 Å². The average Bonchev–Trinajstić information content (AvgIpc) is 2.75. The third-order valence-corrected chi connectivity index (χ3v) is 3.28. The molecular weight excluding hydrogens is 240 g/mol. The largest absolute Gasteiger partial charge is 0.469 e. The molecule has 0 spiro atoms. The Morgan fingerprint density at radius 1 is 1.32 bits per heavy atom. The summed E-state index contributed by atoms with van der Waals surface area (Å²) in [5.74, 6) is -0.169. The van der Waals surface area contributed by atoms with E-state index in [4.69, 9.17) is 0 Å². The van der Waals surface area contributed by atoms with Gasteiger partial charge in [-0.05, 0) is 24.6 Å². The van der Waals surface area contributed by atoms with E-state index in [1.165, 1.54) is 23.6 Å². The molecule has 0 bridgehead atoms. The highest BCUT2D eigenvalue weighted by molar-refractivity contribution is 5.83. The second kappa shape index (κ2) is 6.38. The number of ether oxygens (including phenoxy) is 1. The number of esters is 1. The van der Waals surface area contributed by atoms with Crippen LogP contribution in [0, 0.1) is 0 Å². The zero-order chi connectivity index (χ0) is 13.7. The molecule has 102 valence electrons. The Morgan fingerprint density at radius 2 is 2.11 bits per heavy atom. The highest BCUT2D eigenvalue weighted by atomic mass is 16.5. The van der Waals surface area contributed by atoms with E-state index in [2.05, 4.69) is 52.1 Å². The monoisotopic (exact) mass is 260 g/mol. The summed E-state index contributed by atoms with van der Waals surface area (Å²) in [6.45, 7) is 1.53. The van der Waals surface area contributed by atoms with Gasteiger partial charge in [0.2, 0.25) is 0 Å². The van der Waals surface area contributed by atoms with Crippen molar-refractivity contribution in [2.75, 3.05) is 20.2 Å². The number of rotatable bonds is 6. The Hall–Kier alpha value is -1.81. The standard InChI is InChI=1S/C15H20N2O2/c1-17-11-12(13-5-3-4-6-14(13)17)7-9-16-10-8-15(18)19-2/h3-6,11,16H,7-10H2,1-2H3. The van der Waals surface area contributed by atoms with Crippen molar-refractivity contribution in [2.24, 2.45) is 7.05 Å². The number of hydrogen-bond acceptors (Lipinski definition) is 3. The lowest BCUT2D eigenvalue weighted by atomic mass is 10.1. The predicted molar refractivity (Wildman–Crippen MR) is 76.1 cm³/mol. The number of methoxy groups -OCH3 is 1. The van der Waals surface area contributed by atoms with Crippen molar-refractivity contribution in [3.63, 3.8) is 0 Å². The van der Waals surface area contributed by atoms with Crippen LogP contribution in [0.1, 0.15) is 12.0 Å². The lowest BCUT2D eigenvalue weighted by Crippen LogP contribution is -2.21. The summed E-state index contributed by atoms with van der Waals surface area (Å²) in [7, 11) is 3.48. The summed E-state index contributed by atoms with van der Waals surface area (Å²) in [6.07, 6.45) is 3.56. The molecule has 1 N–H and O–H groups in total. The maximum absolute atomic E-state index is 11.0. The van der Waals surface area contributed by atoms with Crippen molar-refractivity contribution >= 4 is 16.9 Å². The van der Waals surface area contributed by atoms with Crippen LogP contribution >= 0.6 is 0 Å². The number of carbonyl (C=O) groups is 1. The van der Waals surface area contributed by atoms with Crippen molar-refractivity contribution in [1.29, 1.82) is 0 Å². The lowest BCUT2D eigenvalue weighted by Gasteiger charge is -2.03. The maximum Gasteiger partial charge on any atom is 0.306 e. The molecule has 0 unspecified atom stereocenters. The van der Waals surface area contributed by atoms with E-state index in [-0.39, 0.29) is 5.97 Å². The summed E-state index contributed by atoms with van der Waals surface area (Å²) in [5, 5.41) is 4.57. The van der Waals surface area contributed by atoms with Gasteiger partial charge in [-0.1, -0.05) is 18.2 Å². The van der Waals surface area contributed by atoms with Gasteiger partial charge in [-0.15, -0.1) is 0 Å². The molecule has 0 aliphatic heterocycles. The first kappa shape index (κ1) is 13.6. The van der Waals surface area contributed by atoms with Crippen molar-refractivity contribution < 1.29 is 9.53 Å². The number of fused-ring (bicyclic) bond motifs is 1. The molecule has 0 fully saturated rings. The number of carbonyl (C=O) groups excluding carboxylic acids is 1. The van der Waals surface area contributed by atoms with E-state index >= 15 is 0 Å². The van der Waals surface area contributed by atoms with Crippen LogP contribution in [0.4, 0.5) is 0 Å². The van der Waals surface area contributed by atoms with E-state index in [1.54, 1.807) is 0 Å². The SMILES string of the molecule is COC(=O)CCNCCc1cn(C)c2ccccc12. The number of hydrogen-bond donors (Lipinski definition) is 1. The summed E-state index contributed by atoms with van der Waals surface area (Å²) in [5.41, 5.74) is 2.59. The Bertz CT molecular complexity index is 560. The summed E-state index contributed by atoms with van der Waals surface area (Å²) in [6, 6.07) is 8.40. The third kappa shape index (κ3) is 3.35. The van der Waals surface area contributed by atoms with E-state index in [0.29, 0.717) is 13.0 Å². The average molecular weight is 260 g/mol. The molecule has 0 amide bonds. The zero-order valence-electron chi connectivity index (χ0n) is 11.5. The molecule has 1 heterocycles. The van der Waals surface area contributed by atoms with Crippen LogP contribution in [0.3, 0.4) is 0 Å². The molecule has 2 rings (SSSR count). The summed E-state index contributed by atoms with van der Waals surface area (Å²) in [4.78, 5) is 11.0. The second-order valence-corrected chi connectivity index (χ2v) is 4.61. The zero-order valence-corrected chi connectivity index (χ0v) is 11.5. The Morgan fingerprint density at radius 3 is 2.89 bits per heavy atom. The van der Waals surface area contributed by atoms with Gasteiger partial charge in [0.1, 0.15) is 0 Å². The molecule has 0 saturated heterocycles. The fourth-order valence-corrected chi connectivity index (χ4v) is 2.27. The van der Waals surface area contributed by atoms with Gasteiger partial charge in [-0.2, -0.15) is 0 Å². The Labute approximate surface area is 113 Å². The maximum atomic E-state index is 11.0.